The number of fused-ring (bicyclic) bond motifs is 7. The predicted octanol–water partition coefficient (Wildman–Crippen LogP) is 13.7. The summed E-state index contributed by atoms with van der Waals surface area (Å²) in [6.07, 6.45) is 8.48. The van der Waals surface area contributed by atoms with E-state index in [1.807, 2.05) is 0 Å². The van der Waals surface area contributed by atoms with Gasteiger partial charge in [-0.3, -0.25) is 9.05 Å². The first-order valence-electron chi connectivity index (χ1n) is 21.6. The van der Waals surface area contributed by atoms with E-state index in [2.05, 4.69) is 164 Å². The molecular formula is C56H58O4P2Rh+3. The van der Waals surface area contributed by atoms with Gasteiger partial charge in [0.1, 0.15) is 5.66 Å². The first-order chi connectivity index (χ1) is 29.7. The van der Waals surface area contributed by atoms with Gasteiger partial charge in [-0.05, 0) is 127 Å². The van der Waals surface area contributed by atoms with Gasteiger partial charge in [-0.15, -0.1) is 0 Å². The number of aryl methyl sites for hydroxylation is 2. The summed E-state index contributed by atoms with van der Waals surface area (Å²) < 4.78 is 28.8. The number of hydrogen-bond donors (Lipinski definition) is 0. The molecule has 0 fully saturated rings. The van der Waals surface area contributed by atoms with Crippen molar-refractivity contribution in [2.45, 2.75) is 63.1 Å². The standard InChI is InChI=1S/C54H51O4P2.2CH3.Rh/c1-55-37-49(54(40-25-11-4-12-26-40)59(43-29-13-5-14-30-43)44-31-15-6-16-32-44)56-60-57-52-47(38-21-7-2-8-22-38)35-41-27-17-19-33-45(41)50(52)51-46-34-20-18-28-42(46)36-48(53(51)58-60)39-23-9-3-10-24-39;;;/h2-16,21-26,29-32,35-36,49,54,60H,17-20,27-28,33-34,37H2,1H3;2*1H3;/q+1;2*-1;+3/p+1/t49-,54+;;;/m0.../s1. The van der Waals surface area contributed by atoms with Crippen molar-refractivity contribution in [3.8, 4) is 44.9 Å². The van der Waals surface area contributed by atoms with Gasteiger partial charge >= 0.3 is 28.1 Å². The van der Waals surface area contributed by atoms with E-state index in [1.54, 1.807) is 7.11 Å². The second-order valence-corrected chi connectivity index (χ2v) is 20.0. The summed E-state index contributed by atoms with van der Waals surface area (Å²) >= 11 is 0. The summed E-state index contributed by atoms with van der Waals surface area (Å²) in [7, 11) is -2.28. The minimum absolute atomic E-state index is 0. The Morgan fingerprint density at radius 3 is 1.37 bits per heavy atom. The van der Waals surface area contributed by atoms with Gasteiger partial charge in [0.05, 0.1) is 25.1 Å². The Balaban J connectivity index is 0.00000198. The maximum atomic E-state index is 7.59. The Bertz CT molecular complexity index is 2410. The van der Waals surface area contributed by atoms with E-state index in [4.69, 9.17) is 18.3 Å². The van der Waals surface area contributed by atoms with Gasteiger partial charge in [-0.2, -0.15) is 4.52 Å². The van der Waals surface area contributed by atoms with Crippen LogP contribution in [0.5, 0.6) is 11.5 Å². The van der Waals surface area contributed by atoms with Crippen molar-refractivity contribution >= 4 is 27.1 Å². The molecule has 0 aromatic heterocycles. The Kier molecular flexibility index (Phi) is 15.9. The smallest absolute Gasteiger partial charge is 0.382 e. The average molecular weight is 960 g/mol. The number of ether oxygens (including phenoxy) is 1. The van der Waals surface area contributed by atoms with Gasteiger partial charge in [0.15, 0.2) is 17.6 Å². The zero-order valence-corrected chi connectivity index (χ0v) is 40.2. The van der Waals surface area contributed by atoms with Crippen LogP contribution in [0.2, 0.25) is 0 Å². The summed E-state index contributed by atoms with van der Waals surface area (Å²) in [6.45, 7) is 0.374. The Morgan fingerprint density at radius 2 is 0.937 bits per heavy atom. The molecule has 0 N–H and O–H groups in total. The largest absolute Gasteiger partial charge is 3.00 e. The molecule has 3 aliphatic rings. The first kappa shape index (κ1) is 46.5. The van der Waals surface area contributed by atoms with Crippen molar-refractivity contribution in [3.63, 3.8) is 0 Å². The first-order valence-corrected chi connectivity index (χ1v) is 24.4. The number of methoxy groups -OCH3 is 1. The van der Waals surface area contributed by atoms with Gasteiger partial charge in [0.25, 0.3) is 0 Å². The van der Waals surface area contributed by atoms with Crippen molar-refractivity contribution < 1.29 is 37.8 Å². The van der Waals surface area contributed by atoms with Gasteiger partial charge in [-0.1, -0.05) is 127 Å². The molecule has 0 radical (unpaired) electrons. The fourth-order valence-electron chi connectivity index (χ4n) is 9.89. The summed E-state index contributed by atoms with van der Waals surface area (Å²) in [5.41, 5.74) is 13.8. The second-order valence-electron chi connectivity index (χ2n) is 16.3. The minimum atomic E-state index is -2.55. The minimum Gasteiger partial charge on any atom is -0.382 e. The van der Waals surface area contributed by atoms with E-state index in [0.717, 1.165) is 72.3 Å². The van der Waals surface area contributed by atoms with Crippen molar-refractivity contribution in [1.82, 2.24) is 0 Å². The van der Waals surface area contributed by atoms with E-state index >= 15 is 0 Å². The molecule has 2 aliphatic carbocycles. The molecule has 0 saturated heterocycles. The van der Waals surface area contributed by atoms with Gasteiger partial charge in [0.2, 0.25) is 0 Å². The fraction of sp³-hybridized carbons (Fsp3) is 0.214. The third-order valence-corrected chi connectivity index (χ3v) is 17.1. The summed E-state index contributed by atoms with van der Waals surface area (Å²) in [5, 5.41) is 2.64. The second kappa shape index (κ2) is 21.5. The third-order valence-electron chi connectivity index (χ3n) is 12.6. The van der Waals surface area contributed by atoms with Crippen LogP contribution < -0.4 is 19.7 Å². The van der Waals surface area contributed by atoms with Crippen LogP contribution >= 0.6 is 16.5 Å². The van der Waals surface area contributed by atoms with Crippen molar-refractivity contribution in [2.24, 2.45) is 0 Å². The molecule has 10 rings (SSSR count). The average Bonchev–Trinajstić information content (AvgIpc) is 3.49. The van der Waals surface area contributed by atoms with Crippen molar-refractivity contribution in [1.29, 1.82) is 0 Å². The van der Waals surface area contributed by atoms with E-state index in [1.165, 1.54) is 62.4 Å². The van der Waals surface area contributed by atoms with Gasteiger partial charge in [-0.25, -0.2) is 0 Å². The number of hydrogen-bond acceptors (Lipinski definition) is 4. The summed E-state index contributed by atoms with van der Waals surface area (Å²) in [4.78, 5) is 0. The molecule has 0 saturated carbocycles. The van der Waals surface area contributed by atoms with Crippen LogP contribution in [0.4, 0.5) is 0 Å². The van der Waals surface area contributed by atoms with Crippen LogP contribution in [0.25, 0.3) is 33.4 Å². The quantitative estimate of drug-likeness (QED) is 0.0735. The maximum absolute atomic E-state index is 7.59. The summed E-state index contributed by atoms with van der Waals surface area (Å²) in [6, 6.07) is 59.3. The Hall–Kier alpha value is -4.46. The molecule has 0 amide bonds. The molecule has 2 atom stereocenters. The Morgan fingerprint density at radius 1 is 0.540 bits per heavy atom. The van der Waals surface area contributed by atoms with Crippen molar-refractivity contribution in [3.05, 3.63) is 206 Å². The van der Waals surface area contributed by atoms with Crippen LogP contribution in [0, 0.1) is 14.9 Å². The molecule has 0 bridgehead atoms. The van der Waals surface area contributed by atoms with Crippen LogP contribution in [0.3, 0.4) is 0 Å². The molecule has 4 nitrogen and oxygen atoms in total. The molecule has 63 heavy (non-hydrogen) atoms. The number of rotatable bonds is 11. The van der Waals surface area contributed by atoms with E-state index in [-0.39, 0.29) is 46.1 Å². The monoisotopic (exact) mass is 959 g/mol. The zero-order valence-electron chi connectivity index (χ0n) is 36.6. The van der Waals surface area contributed by atoms with Crippen LogP contribution in [-0.4, -0.2) is 19.8 Å². The molecule has 0 unspecified atom stereocenters. The van der Waals surface area contributed by atoms with Crippen LogP contribution in [-0.2, 0) is 54.4 Å². The molecule has 1 aliphatic heterocycles. The molecule has 1 heterocycles. The maximum Gasteiger partial charge on any atom is 3.00 e. The van der Waals surface area contributed by atoms with Gasteiger partial charge in [0, 0.05) is 29.4 Å². The zero-order chi connectivity index (χ0) is 40.3. The summed E-state index contributed by atoms with van der Waals surface area (Å²) in [5.74, 6) is 1.80. The Labute approximate surface area is 390 Å². The van der Waals surface area contributed by atoms with Crippen LogP contribution in [0.15, 0.2) is 164 Å². The topological polar surface area (TPSA) is 36.9 Å². The number of benzene rings is 7. The molecular weight excluding hydrogens is 901 g/mol. The molecule has 322 valence electrons. The van der Waals surface area contributed by atoms with E-state index in [9.17, 15) is 0 Å². The molecule has 7 aromatic carbocycles. The molecule has 7 aromatic rings. The van der Waals surface area contributed by atoms with E-state index < -0.39 is 16.5 Å². The SMILES string of the molecule is COC[C@H](O[PH+]1Oc2c(-c3ccccc3)cc3c(c2-c2c4c(cc(-c5ccccc5)c2O1)CCCC4)CCCC3)[C@@H](c1ccccc1)[PH+](c1ccccc1)c1ccccc1.[CH3-].[CH3-].[Rh+3]. The predicted molar refractivity (Wildman–Crippen MR) is 265 cm³/mol. The fourth-order valence-corrected chi connectivity index (χ4v) is 14.6. The normalized spacial score (nSPS) is 14.9. The van der Waals surface area contributed by atoms with Crippen LogP contribution in [0.1, 0.15) is 59.2 Å². The molecule has 7 heteroatoms. The molecule has 0 spiro atoms. The van der Waals surface area contributed by atoms with E-state index in [0.29, 0.717) is 6.61 Å². The van der Waals surface area contributed by atoms with Crippen molar-refractivity contribution in [2.75, 3.05) is 13.7 Å². The van der Waals surface area contributed by atoms with Gasteiger partial charge < -0.3 is 19.6 Å². The third kappa shape index (κ3) is 9.52.